The Morgan fingerprint density at radius 2 is 2.14 bits per heavy atom. The van der Waals surface area contributed by atoms with Crippen LogP contribution in [0.25, 0.3) is 10.4 Å². The molecule has 2 aromatic heterocycles. The van der Waals surface area contributed by atoms with Crippen LogP contribution >= 0.6 is 11.3 Å². The Kier molecular flexibility index (Phi) is 4.95. The van der Waals surface area contributed by atoms with Gasteiger partial charge in [0, 0.05) is 23.9 Å². The minimum absolute atomic E-state index is 0.0704. The Morgan fingerprint density at radius 3 is 2.82 bits per heavy atom. The topological polar surface area (TPSA) is 89.2 Å². The van der Waals surface area contributed by atoms with Crippen LogP contribution < -0.4 is 5.73 Å². The molecule has 1 aliphatic heterocycles. The molecule has 0 spiro atoms. The van der Waals surface area contributed by atoms with Crippen LogP contribution in [0.3, 0.4) is 0 Å². The zero-order valence-corrected chi connectivity index (χ0v) is 17.2. The summed E-state index contributed by atoms with van der Waals surface area (Å²) in [6, 6.07) is 3.72. The van der Waals surface area contributed by atoms with Gasteiger partial charge in [-0.25, -0.2) is 4.98 Å². The third-order valence-corrected chi connectivity index (χ3v) is 7.35. The number of carbonyl (C=O) groups excluding carboxylic acids is 2. The minimum Gasteiger partial charge on any atom is -0.368 e. The van der Waals surface area contributed by atoms with Crippen molar-refractivity contribution in [3.8, 4) is 10.4 Å². The summed E-state index contributed by atoms with van der Waals surface area (Å²) in [4.78, 5) is 36.2. The van der Waals surface area contributed by atoms with E-state index in [-0.39, 0.29) is 17.7 Å². The van der Waals surface area contributed by atoms with Crippen molar-refractivity contribution in [1.29, 1.82) is 0 Å². The van der Waals surface area contributed by atoms with Crippen LogP contribution in [0.5, 0.6) is 0 Å². The number of primary amides is 1. The van der Waals surface area contributed by atoms with E-state index in [1.807, 2.05) is 19.2 Å². The summed E-state index contributed by atoms with van der Waals surface area (Å²) in [5.41, 5.74) is 8.81. The summed E-state index contributed by atoms with van der Waals surface area (Å²) in [6.45, 7) is 4.85. The van der Waals surface area contributed by atoms with Gasteiger partial charge in [-0.2, -0.15) is 0 Å². The Hall–Kier alpha value is -2.28. The molecule has 0 bridgehead atoms. The number of hydrogen-bond donors (Lipinski definition) is 1. The van der Waals surface area contributed by atoms with Gasteiger partial charge in [0.2, 0.25) is 11.8 Å². The molecule has 2 amide bonds. The average Bonchev–Trinajstić information content (AvgIpc) is 3.26. The fourth-order valence-electron chi connectivity index (χ4n) is 4.25. The van der Waals surface area contributed by atoms with E-state index in [1.165, 1.54) is 19.3 Å². The molecule has 2 N–H and O–H groups in total. The summed E-state index contributed by atoms with van der Waals surface area (Å²) >= 11 is 1.55. The van der Waals surface area contributed by atoms with Crippen LogP contribution in [-0.2, 0) is 21.4 Å². The molecule has 28 heavy (non-hydrogen) atoms. The van der Waals surface area contributed by atoms with E-state index in [0.717, 1.165) is 33.3 Å². The molecule has 148 valence electrons. The molecule has 1 saturated heterocycles. The molecule has 6 nitrogen and oxygen atoms in total. The minimum atomic E-state index is -0.473. The molecule has 7 heteroatoms. The van der Waals surface area contributed by atoms with Gasteiger partial charge in [-0.3, -0.25) is 14.6 Å². The van der Waals surface area contributed by atoms with Gasteiger partial charge < -0.3 is 10.6 Å². The summed E-state index contributed by atoms with van der Waals surface area (Å²) < 4.78 is 0. The summed E-state index contributed by atoms with van der Waals surface area (Å²) in [6.07, 6.45) is 7.19. The monoisotopic (exact) mass is 398 g/mol. The highest BCUT2D eigenvalue weighted by Crippen LogP contribution is 2.43. The third-order valence-electron chi connectivity index (χ3n) is 6.14. The van der Waals surface area contributed by atoms with E-state index in [1.54, 1.807) is 16.2 Å². The lowest BCUT2D eigenvalue weighted by molar-refractivity contribution is -0.136. The predicted molar refractivity (Wildman–Crippen MR) is 109 cm³/mol. The molecule has 1 atom stereocenters. The molecule has 2 aromatic rings. The number of rotatable bonds is 5. The van der Waals surface area contributed by atoms with Crippen molar-refractivity contribution in [1.82, 2.24) is 14.9 Å². The first-order valence-electron chi connectivity index (χ1n) is 9.89. The van der Waals surface area contributed by atoms with Crippen LogP contribution in [0.1, 0.15) is 55.4 Å². The highest BCUT2D eigenvalue weighted by atomic mass is 32.1. The van der Waals surface area contributed by atoms with Gasteiger partial charge in [0.1, 0.15) is 11.0 Å². The van der Waals surface area contributed by atoms with Crippen LogP contribution in [0.2, 0.25) is 0 Å². The van der Waals surface area contributed by atoms with Crippen molar-refractivity contribution in [2.45, 2.75) is 63.8 Å². The lowest BCUT2D eigenvalue weighted by atomic mass is 9.68. The number of aryl methyl sites for hydroxylation is 1. The van der Waals surface area contributed by atoms with Gasteiger partial charge in [0.25, 0.3) is 0 Å². The molecular weight excluding hydrogens is 372 g/mol. The van der Waals surface area contributed by atoms with Crippen molar-refractivity contribution < 1.29 is 9.59 Å². The molecule has 2 aliphatic rings. The molecule has 0 unspecified atom stereocenters. The van der Waals surface area contributed by atoms with E-state index >= 15 is 0 Å². The quantitative estimate of drug-likeness (QED) is 0.838. The smallest absolute Gasteiger partial charge is 0.240 e. The maximum Gasteiger partial charge on any atom is 0.240 e. The summed E-state index contributed by atoms with van der Waals surface area (Å²) in [5, 5.41) is 0.779. The van der Waals surface area contributed by atoms with Gasteiger partial charge in [0.05, 0.1) is 17.0 Å². The third kappa shape index (κ3) is 3.43. The first kappa shape index (κ1) is 19.1. The van der Waals surface area contributed by atoms with Crippen LogP contribution in [0, 0.1) is 6.92 Å². The molecule has 2 fully saturated rings. The SMILES string of the molecule is Cc1nc(CC(=O)N2CCC[C@H]2C(N)=O)sc1-c1ccnc(C2(C)CCC2)c1. The molecular formula is C21H26N4O2S. The molecule has 1 saturated carbocycles. The van der Waals surface area contributed by atoms with Gasteiger partial charge in [0.15, 0.2) is 0 Å². The Labute approximate surface area is 169 Å². The van der Waals surface area contributed by atoms with Crippen LogP contribution in [-0.4, -0.2) is 39.3 Å². The largest absolute Gasteiger partial charge is 0.368 e. The van der Waals surface area contributed by atoms with Gasteiger partial charge in [-0.1, -0.05) is 13.3 Å². The number of amides is 2. The van der Waals surface area contributed by atoms with E-state index < -0.39 is 11.9 Å². The van der Waals surface area contributed by atoms with E-state index in [9.17, 15) is 9.59 Å². The predicted octanol–water partition coefficient (Wildman–Crippen LogP) is 2.97. The summed E-state index contributed by atoms with van der Waals surface area (Å²) in [5.74, 6) is -0.491. The molecule has 3 heterocycles. The van der Waals surface area contributed by atoms with Crippen molar-refractivity contribution >= 4 is 23.2 Å². The second kappa shape index (κ2) is 7.28. The molecule has 0 aromatic carbocycles. The number of carbonyl (C=O) groups is 2. The number of nitrogens with two attached hydrogens (primary N) is 1. The number of likely N-dealkylation sites (tertiary alicyclic amines) is 1. The number of aromatic nitrogens is 2. The number of thiazole rings is 1. The standard InChI is InChI=1S/C21H26N4O2S/c1-13-19(14-6-9-23-16(11-14)21(2)7-4-8-21)28-17(24-13)12-18(26)25-10-3-5-15(25)20(22)27/h6,9,11,15H,3-5,7-8,10,12H2,1-2H3,(H2,22,27)/t15-/m0/s1. The van der Waals surface area contributed by atoms with Gasteiger partial charge in [-0.15, -0.1) is 11.3 Å². The first-order valence-corrected chi connectivity index (χ1v) is 10.7. The van der Waals surface area contributed by atoms with Crippen molar-refractivity contribution in [3.63, 3.8) is 0 Å². The number of nitrogens with zero attached hydrogens (tertiary/aromatic N) is 3. The molecule has 1 aliphatic carbocycles. The number of hydrogen-bond acceptors (Lipinski definition) is 5. The average molecular weight is 399 g/mol. The second-order valence-electron chi connectivity index (χ2n) is 8.19. The fourth-order valence-corrected chi connectivity index (χ4v) is 5.30. The summed E-state index contributed by atoms with van der Waals surface area (Å²) in [7, 11) is 0. The van der Waals surface area contributed by atoms with Crippen molar-refractivity contribution in [2.24, 2.45) is 5.73 Å². The maximum absolute atomic E-state index is 12.7. The molecule has 0 radical (unpaired) electrons. The Morgan fingerprint density at radius 1 is 1.36 bits per heavy atom. The highest BCUT2D eigenvalue weighted by Gasteiger charge is 2.35. The zero-order valence-electron chi connectivity index (χ0n) is 16.4. The molecule has 4 rings (SSSR count). The first-order chi connectivity index (χ1) is 13.4. The lowest BCUT2D eigenvalue weighted by Gasteiger charge is -2.37. The Balaban J connectivity index is 1.54. The van der Waals surface area contributed by atoms with E-state index in [2.05, 4.69) is 23.0 Å². The van der Waals surface area contributed by atoms with Crippen LogP contribution in [0.15, 0.2) is 18.3 Å². The van der Waals surface area contributed by atoms with Crippen molar-refractivity contribution in [3.05, 3.63) is 34.7 Å². The normalized spacial score (nSPS) is 20.8. The maximum atomic E-state index is 12.7. The van der Waals surface area contributed by atoms with Crippen LogP contribution in [0.4, 0.5) is 0 Å². The van der Waals surface area contributed by atoms with E-state index in [4.69, 9.17) is 5.73 Å². The van der Waals surface area contributed by atoms with Gasteiger partial charge in [-0.05, 0) is 50.3 Å². The highest BCUT2D eigenvalue weighted by molar-refractivity contribution is 7.15. The number of pyridine rings is 1. The zero-order chi connectivity index (χ0) is 19.9. The van der Waals surface area contributed by atoms with Gasteiger partial charge >= 0.3 is 0 Å². The lowest BCUT2D eigenvalue weighted by Crippen LogP contribution is -2.44. The van der Waals surface area contributed by atoms with E-state index in [0.29, 0.717) is 13.0 Å². The second-order valence-corrected chi connectivity index (χ2v) is 9.27. The fraction of sp³-hybridized carbons (Fsp3) is 0.524. The Bertz CT molecular complexity index is 919. The van der Waals surface area contributed by atoms with Crippen molar-refractivity contribution in [2.75, 3.05) is 6.54 Å².